The highest BCUT2D eigenvalue weighted by molar-refractivity contribution is 5.93. The van der Waals surface area contributed by atoms with Crippen LogP contribution in [0.3, 0.4) is 0 Å². The third-order valence-electron chi connectivity index (χ3n) is 2.32. The van der Waals surface area contributed by atoms with Gasteiger partial charge in [-0.2, -0.15) is 0 Å². The fourth-order valence-electron chi connectivity index (χ4n) is 1.41. The van der Waals surface area contributed by atoms with Gasteiger partial charge < -0.3 is 15.6 Å². The first-order chi connectivity index (χ1) is 8.15. The normalized spacial score (nSPS) is 9.67. The van der Waals surface area contributed by atoms with Crippen molar-refractivity contribution in [2.24, 2.45) is 0 Å². The number of aryl methyl sites for hydroxylation is 1. The fourth-order valence-corrected chi connectivity index (χ4v) is 1.41. The van der Waals surface area contributed by atoms with Gasteiger partial charge in [0.25, 0.3) is 5.91 Å². The van der Waals surface area contributed by atoms with E-state index in [0.717, 1.165) is 18.7 Å². The number of amides is 1. The molecule has 0 aliphatic carbocycles. The number of hydrogen-bond donors (Lipinski definition) is 3. The van der Waals surface area contributed by atoms with E-state index >= 15 is 0 Å². The molecule has 0 radical (unpaired) electrons. The van der Waals surface area contributed by atoms with E-state index < -0.39 is 0 Å². The Hall–Kier alpha value is -1.33. The van der Waals surface area contributed by atoms with Crippen LogP contribution >= 0.6 is 12.4 Å². The number of carbonyl (C=O) groups excluding carboxylic acids is 1. The molecule has 1 amide bonds. The summed E-state index contributed by atoms with van der Waals surface area (Å²) < 4.78 is 0. The van der Waals surface area contributed by atoms with Crippen LogP contribution in [0.15, 0.2) is 17.1 Å². The third-order valence-corrected chi connectivity index (χ3v) is 2.32. The lowest BCUT2D eigenvalue weighted by molar-refractivity contribution is 0.0952. The average molecular weight is 274 g/mol. The Morgan fingerprint density at radius 1 is 1.33 bits per heavy atom. The molecular formula is C12H20ClN3O2. The molecule has 0 spiro atoms. The molecule has 0 aromatic carbocycles. The van der Waals surface area contributed by atoms with Crippen molar-refractivity contribution in [3.8, 4) is 0 Å². The van der Waals surface area contributed by atoms with Gasteiger partial charge in [-0.1, -0.05) is 6.92 Å². The molecule has 1 rings (SSSR count). The van der Waals surface area contributed by atoms with E-state index in [2.05, 4.69) is 22.5 Å². The first kappa shape index (κ1) is 16.7. The number of aromatic amines is 1. The lowest BCUT2D eigenvalue weighted by Crippen LogP contribution is -2.34. The Labute approximate surface area is 113 Å². The Balaban J connectivity index is 0.00000289. The minimum Gasteiger partial charge on any atom is -0.364 e. The highest BCUT2D eigenvalue weighted by atomic mass is 35.5. The molecule has 18 heavy (non-hydrogen) atoms. The van der Waals surface area contributed by atoms with E-state index in [-0.39, 0.29) is 29.3 Å². The summed E-state index contributed by atoms with van der Waals surface area (Å²) >= 11 is 0. The first-order valence-electron chi connectivity index (χ1n) is 5.83. The molecule has 3 N–H and O–H groups in total. The maximum atomic E-state index is 11.7. The van der Waals surface area contributed by atoms with Gasteiger partial charge in [0, 0.05) is 31.0 Å². The van der Waals surface area contributed by atoms with Crippen LogP contribution in [-0.4, -0.2) is 30.5 Å². The van der Waals surface area contributed by atoms with Gasteiger partial charge in [0.2, 0.25) is 0 Å². The molecule has 0 aliphatic rings. The first-order valence-corrected chi connectivity index (χ1v) is 5.83. The number of hydrogen-bond acceptors (Lipinski definition) is 3. The molecule has 1 aromatic rings. The number of halogens is 1. The second kappa shape index (κ2) is 8.72. The maximum Gasteiger partial charge on any atom is 0.256 e. The van der Waals surface area contributed by atoms with E-state index in [4.69, 9.17) is 0 Å². The van der Waals surface area contributed by atoms with Crippen molar-refractivity contribution < 1.29 is 4.79 Å². The summed E-state index contributed by atoms with van der Waals surface area (Å²) in [6.07, 6.45) is 2.51. The molecule has 0 aliphatic heterocycles. The standard InChI is InChI=1S/C12H19N3O2.ClH/c1-3-4-13-5-6-14-12(17)10-8-15-9(2)7-11(10)16;/h7-8,13H,3-6H2,1-2H3,(H,14,17)(H,15,16);1H. The van der Waals surface area contributed by atoms with Crippen LogP contribution in [0.4, 0.5) is 0 Å². The van der Waals surface area contributed by atoms with Gasteiger partial charge in [0.15, 0.2) is 5.43 Å². The summed E-state index contributed by atoms with van der Waals surface area (Å²) in [6.45, 7) is 6.02. The van der Waals surface area contributed by atoms with Crippen molar-refractivity contribution >= 4 is 18.3 Å². The summed E-state index contributed by atoms with van der Waals surface area (Å²) in [5, 5.41) is 5.86. The van der Waals surface area contributed by atoms with E-state index in [0.29, 0.717) is 13.1 Å². The summed E-state index contributed by atoms with van der Waals surface area (Å²) in [6, 6.07) is 1.42. The molecule has 1 heterocycles. The van der Waals surface area contributed by atoms with Gasteiger partial charge in [0.1, 0.15) is 5.56 Å². The van der Waals surface area contributed by atoms with Gasteiger partial charge in [-0.05, 0) is 19.9 Å². The predicted octanol–water partition coefficient (Wildman–Crippen LogP) is 0.835. The van der Waals surface area contributed by atoms with Crippen molar-refractivity contribution in [1.82, 2.24) is 15.6 Å². The number of rotatable bonds is 6. The zero-order valence-corrected chi connectivity index (χ0v) is 11.5. The zero-order chi connectivity index (χ0) is 12.7. The topological polar surface area (TPSA) is 74.0 Å². The molecule has 0 bridgehead atoms. The molecule has 5 nitrogen and oxygen atoms in total. The minimum atomic E-state index is -0.329. The smallest absolute Gasteiger partial charge is 0.256 e. The number of pyridine rings is 1. The number of aromatic nitrogens is 1. The van der Waals surface area contributed by atoms with Crippen LogP contribution in [0.5, 0.6) is 0 Å². The molecule has 0 fully saturated rings. The number of H-pyrrole nitrogens is 1. The lowest BCUT2D eigenvalue weighted by Gasteiger charge is -2.05. The lowest BCUT2D eigenvalue weighted by atomic mass is 10.2. The predicted molar refractivity (Wildman–Crippen MR) is 74.5 cm³/mol. The van der Waals surface area contributed by atoms with Gasteiger partial charge >= 0.3 is 0 Å². The van der Waals surface area contributed by atoms with Crippen LogP contribution < -0.4 is 16.1 Å². The van der Waals surface area contributed by atoms with Gasteiger partial charge in [-0.3, -0.25) is 9.59 Å². The van der Waals surface area contributed by atoms with Crippen molar-refractivity contribution in [1.29, 1.82) is 0 Å². The summed E-state index contributed by atoms with van der Waals surface area (Å²) in [4.78, 5) is 26.0. The van der Waals surface area contributed by atoms with E-state index in [1.165, 1.54) is 12.3 Å². The van der Waals surface area contributed by atoms with Crippen LogP contribution in [-0.2, 0) is 0 Å². The number of carbonyl (C=O) groups is 1. The Morgan fingerprint density at radius 2 is 2.06 bits per heavy atom. The molecule has 0 saturated carbocycles. The van der Waals surface area contributed by atoms with E-state index in [9.17, 15) is 9.59 Å². The second-order valence-electron chi connectivity index (χ2n) is 3.90. The van der Waals surface area contributed by atoms with Gasteiger partial charge in [0.05, 0.1) is 0 Å². The molecule has 0 saturated heterocycles. The van der Waals surface area contributed by atoms with E-state index in [1.54, 1.807) is 6.92 Å². The van der Waals surface area contributed by atoms with Crippen molar-refractivity contribution in [3.05, 3.63) is 33.7 Å². The van der Waals surface area contributed by atoms with Crippen molar-refractivity contribution in [2.75, 3.05) is 19.6 Å². The summed E-state index contributed by atoms with van der Waals surface area (Å²) in [5.41, 5.74) is 0.655. The van der Waals surface area contributed by atoms with Crippen molar-refractivity contribution in [2.45, 2.75) is 20.3 Å². The Kier molecular flexibility index (Phi) is 8.07. The molecule has 102 valence electrons. The van der Waals surface area contributed by atoms with Gasteiger partial charge in [-0.15, -0.1) is 12.4 Å². The second-order valence-corrected chi connectivity index (χ2v) is 3.90. The largest absolute Gasteiger partial charge is 0.364 e. The molecule has 1 aromatic heterocycles. The van der Waals surface area contributed by atoms with Crippen LogP contribution in [0, 0.1) is 6.92 Å². The molecule has 6 heteroatoms. The highest BCUT2D eigenvalue weighted by Gasteiger charge is 2.08. The number of nitrogens with one attached hydrogen (secondary N) is 3. The average Bonchev–Trinajstić information content (AvgIpc) is 2.28. The van der Waals surface area contributed by atoms with Crippen molar-refractivity contribution in [3.63, 3.8) is 0 Å². The molecule has 0 atom stereocenters. The zero-order valence-electron chi connectivity index (χ0n) is 10.7. The Bertz CT molecular complexity index is 432. The van der Waals surface area contributed by atoms with Gasteiger partial charge in [-0.25, -0.2) is 0 Å². The fraction of sp³-hybridized carbons (Fsp3) is 0.500. The van der Waals surface area contributed by atoms with E-state index in [1.807, 2.05) is 0 Å². The monoisotopic (exact) mass is 273 g/mol. The van der Waals surface area contributed by atoms with Crippen LogP contribution in [0.2, 0.25) is 0 Å². The Morgan fingerprint density at radius 3 is 2.67 bits per heavy atom. The summed E-state index contributed by atoms with van der Waals surface area (Å²) in [5.74, 6) is -0.329. The quantitative estimate of drug-likeness (QED) is 0.673. The summed E-state index contributed by atoms with van der Waals surface area (Å²) in [7, 11) is 0. The molecule has 0 unspecified atom stereocenters. The SMILES string of the molecule is CCCNCCNC(=O)c1c[nH]c(C)cc1=O.Cl. The van der Waals surface area contributed by atoms with Crippen LogP contribution in [0.1, 0.15) is 29.4 Å². The highest BCUT2D eigenvalue weighted by Crippen LogP contribution is 1.91. The minimum absolute atomic E-state index is 0. The third kappa shape index (κ3) is 5.33. The van der Waals surface area contributed by atoms with Crippen LogP contribution in [0.25, 0.3) is 0 Å². The molecular weight excluding hydrogens is 254 g/mol. The maximum absolute atomic E-state index is 11.7.